The predicted molar refractivity (Wildman–Crippen MR) is 68.4 cm³/mol. The van der Waals surface area contributed by atoms with Crippen LogP contribution < -0.4 is 5.73 Å². The first kappa shape index (κ1) is 16.9. The molecule has 0 saturated carbocycles. The summed E-state index contributed by atoms with van der Waals surface area (Å²) in [5.41, 5.74) is 5.68. The first-order valence-corrected chi connectivity index (χ1v) is 7.50. The van der Waals surface area contributed by atoms with Crippen molar-refractivity contribution in [2.45, 2.75) is 12.6 Å². The van der Waals surface area contributed by atoms with E-state index in [1.807, 2.05) is 0 Å². The summed E-state index contributed by atoms with van der Waals surface area (Å²) in [6.07, 6.45) is -3.04. The minimum absolute atomic E-state index is 0.0576. The van der Waals surface area contributed by atoms with Crippen LogP contribution in [0.2, 0.25) is 0 Å². The van der Waals surface area contributed by atoms with Crippen LogP contribution in [-0.2, 0) is 16.4 Å². The zero-order valence-electron chi connectivity index (χ0n) is 10.7. The zero-order valence-corrected chi connectivity index (χ0v) is 11.5. The molecule has 0 aliphatic carbocycles. The summed E-state index contributed by atoms with van der Waals surface area (Å²) < 4.78 is 61.3. The Morgan fingerprint density at radius 3 is 2.50 bits per heavy atom. The Morgan fingerprint density at radius 2 is 2.00 bits per heavy atom. The quantitative estimate of drug-likeness (QED) is 0.807. The molecule has 0 aliphatic rings. The van der Waals surface area contributed by atoms with Crippen LogP contribution in [-0.4, -0.2) is 49.3 Å². The van der Waals surface area contributed by atoms with E-state index in [0.717, 1.165) is 0 Å². The van der Waals surface area contributed by atoms with E-state index in [-0.39, 0.29) is 19.5 Å². The van der Waals surface area contributed by atoms with Crippen molar-refractivity contribution in [2.24, 2.45) is 5.73 Å². The highest BCUT2D eigenvalue weighted by Crippen LogP contribution is 2.18. The summed E-state index contributed by atoms with van der Waals surface area (Å²) >= 11 is 0. The number of pyridine rings is 1. The molecule has 0 amide bonds. The second-order valence-corrected chi connectivity index (χ2v) is 6.21. The summed E-state index contributed by atoms with van der Waals surface area (Å²) in [6, 6.07) is 4.97. The van der Waals surface area contributed by atoms with Crippen LogP contribution in [0.15, 0.2) is 24.4 Å². The molecule has 0 atom stereocenters. The Kier molecular flexibility index (Phi) is 5.90. The third-order valence-corrected chi connectivity index (χ3v) is 4.29. The molecule has 1 heterocycles. The van der Waals surface area contributed by atoms with Crippen molar-refractivity contribution in [1.82, 2.24) is 9.29 Å². The Bertz CT molecular complexity index is 505. The Morgan fingerprint density at radius 1 is 1.30 bits per heavy atom. The number of alkyl halides is 3. The lowest BCUT2D eigenvalue weighted by molar-refractivity contribution is -0.135. The van der Waals surface area contributed by atoms with Crippen LogP contribution in [0, 0.1) is 0 Å². The van der Waals surface area contributed by atoms with E-state index in [0.29, 0.717) is 10.00 Å². The molecule has 0 spiro atoms. The molecular formula is C11H16F3N3O2S. The minimum Gasteiger partial charge on any atom is -0.329 e. The van der Waals surface area contributed by atoms with Gasteiger partial charge < -0.3 is 5.73 Å². The number of sulfonamides is 1. The molecule has 2 N–H and O–H groups in total. The van der Waals surface area contributed by atoms with Crippen molar-refractivity contribution >= 4 is 10.0 Å². The van der Waals surface area contributed by atoms with Crippen LogP contribution in [0.5, 0.6) is 0 Å². The number of aryl methyl sites for hydroxylation is 1. The topological polar surface area (TPSA) is 76.3 Å². The van der Waals surface area contributed by atoms with Crippen molar-refractivity contribution in [1.29, 1.82) is 0 Å². The molecule has 20 heavy (non-hydrogen) atoms. The average molecular weight is 311 g/mol. The van der Waals surface area contributed by atoms with Crippen LogP contribution in [0.4, 0.5) is 13.2 Å². The maximum atomic E-state index is 12.4. The maximum Gasteiger partial charge on any atom is 0.402 e. The van der Waals surface area contributed by atoms with Gasteiger partial charge in [0.2, 0.25) is 10.0 Å². The summed E-state index contributed by atoms with van der Waals surface area (Å²) in [5.74, 6) is -0.430. The number of nitrogens with zero attached hydrogens (tertiary/aromatic N) is 2. The van der Waals surface area contributed by atoms with Gasteiger partial charge in [-0.05, 0) is 12.1 Å². The van der Waals surface area contributed by atoms with Crippen LogP contribution in [0.1, 0.15) is 5.69 Å². The third kappa shape index (κ3) is 5.85. The van der Waals surface area contributed by atoms with E-state index in [1.54, 1.807) is 18.2 Å². The highest BCUT2D eigenvalue weighted by Gasteiger charge is 2.35. The predicted octanol–water partition coefficient (Wildman–Crippen LogP) is 0.777. The fourth-order valence-electron chi connectivity index (χ4n) is 1.57. The number of hydrogen-bond acceptors (Lipinski definition) is 4. The lowest BCUT2D eigenvalue weighted by Crippen LogP contribution is -2.43. The van der Waals surface area contributed by atoms with E-state index in [1.165, 1.54) is 6.20 Å². The summed E-state index contributed by atoms with van der Waals surface area (Å²) in [6.45, 7) is -2.04. The van der Waals surface area contributed by atoms with Crippen molar-refractivity contribution in [3.05, 3.63) is 30.1 Å². The number of aromatic nitrogens is 1. The van der Waals surface area contributed by atoms with Gasteiger partial charge in [-0.2, -0.15) is 17.5 Å². The normalized spacial score (nSPS) is 12.8. The van der Waals surface area contributed by atoms with Gasteiger partial charge >= 0.3 is 6.18 Å². The second-order valence-electron chi connectivity index (χ2n) is 4.12. The monoisotopic (exact) mass is 311 g/mol. The zero-order chi connectivity index (χ0) is 15.2. The fourth-order valence-corrected chi connectivity index (χ4v) is 3.02. The molecule has 5 nitrogen and oxygen atoms in total. The molecule has 1 aromatic heterocycles. The third-order valence-electron chi connectivity index (χ3n) is 2.47. The lowest BCUT2D eigenvalue weighted by atomic mass is 10.3. The number of rotatable bonds is 7. The van der Waals surface area contributed by atoms with Crippen molar-refractivity contribution < 1.29 is 21.6 Å². The molecule has 0 unspecified atom stereocenters. The van der Waals surface area contributed by atoms with E-state index in [9.17, 15) is 21.6 Å². The smallest absolute Gasteiger partial charge is 0.329 e. The van der Waals surface area contributed by atoms with Gasteiger partial charge in [0, 0.05) is 31.4 Å². The van der Waals surface area contributed by atoms with E-state index in [4.69, 9.17) is 5.73 Å². The van der Waals surface area contributed by atoms with Gasteiger partial charge in [0.05, 0.1) is 5.75 Å². The molecule has 9 heteroatoms. The van der Waals surface area contributed by atoms with Gasteiger partial charge in [-0.25, -0.2) is 8.42 Å². The molecule has 1 aromatic rings. The molecule has 0 aliphatic heterocycles. The van der Waals surface area contributed by atoms with Crippen LogP contribution in [0.25, 0.3) is 0 Å². The number of halogens is 3. The highest BCUT2D eigenvalue weighted by molar-refractivity contribution is 7.89. The molecule has 0 fully saturated rings. The Labute approximate surface area is 115 Å². The van der Waals surface area contributed by atoms with Gasteiger partial charge in [0.15, 0.2) is 0 Å². The molecule has 0 aromatic carbocycles. The standard InChI is InChI=1S/C11H16F3N3O2S/c12-11(13,14)9-17(7-5-15)20(18,19)8-4-10-3-1-2-6-16-10/h1-3,6H,4-5,7-9,15H2. The van der Waals surface area contributed by atoms with Crippen molar-refractivity contribution in [2.75, 3.05) is 25.4 Å². The molecule has 114 valence electrons. The van der Waals surface area contributed by atoms with Gasteiger partial charge in [-0.1, -0.05) is 6.07 Å². The first-order valence-electron chi connectivity index (χ1n) is 5.89. The highest BCUT2D eigenvalue weighted by atomic mass is 32.2. The molecule has 1 rings (SSSR count). The summed E-state index contributed by atoms with van der Waals surface area (Å²) in [4.78, 5) is 3.93. The van der Waals surface area contributed by atoms with E-state index < -0.39 is 28.5 Å². The van der Waals surface area contributed by atoms with E-state index >= 15 is 0 Å². The number of hydrogen-bond donors (Lipinski definition) is 1. The molecule has 0 radical (unpaired) electrons. The van der Waals surface area contributed by atoms with Crippen molar-refractivity contribution in [3.8, 4) is 0 Å². The molecular weight excluding hydrogens is 295 g/mol. The fraction of sp³-hybridized carbons (Fsp3) is 0.545. The van der Waals surface area contributed by atoms with Crippen LogP contribution in [0.3, 0.4) is 0 Å². The minimum atomic E-state index is -4.59. The van der Waals surface area contributed by atoms with Gasteiger partial charge in [-0.3, -0.25) is 4.98 Å². The maximum absolute atomic E-state index is 12.4. The first-order chi connectivity index (χ1) is 9.24. The largest absolute Gasteiger partial charge is 0.402 e. The SMILES string of the molecule is NCCN(CC(F)(F)F)S(=O)(=O)CCc1ccccn1. The Hall–Kier alpha value is -1.19. The molecule has 0 bridgehead atoms. The van der Waals surface area contributed by atoms with Crippen molar-refractivity contribution in [3.63, 3.8) is 0 Å². The molecule has 0 saturated heterocycles. The van der Waals surface area contributed by atoms with Gasteiger partial charge in [-0.15, -0.1) is 0 Å². The Balaban J connectivity index is 2.72. The lowest BCUT2D eigenvalue weighted by Gasteiger charge is -2.22. The summed E-state index contributed by atoms with van der Waals surface area (Å²) in [7, 11) is -4.02. The number of nitrogens with two attached hydrogens (primary N) is 1. The second kappa shape index (κ2) is 7.00. The van der Waals surface area contributed by atoms with Gasteiger partial charge in [0.1, 0.15) is 6.54 Å². The van der Waals surface area contributed by atoms with Gasteiger partial charge in [0.25, 0.3) is 0 Å². The van der Waals surface area contributed by atoms with E-state index in [2.05, 4.69) is 4.98 Å². The summed E-state index contributed by atoms with van der Waals surface area (Å²) in [5, 5.41) is 0. The average Bonchev–Trinajstić information content (AvgIpc) is 2.36. The van der Waals surface area contributed by atoms with Crippen LogP contribution >= 0.6 is 0 Å².